The van der Waals surface area contributed by atoms with Gasteiger partial charge in [-0.05, 0) is 62.4 Å². The van der Waals surface area contributed by atoms with E-state index in [0.29, 0.717) is 35.6 Å². The van der Waals surface area contributed by atoms with Crippen LogP contribution in [0.5, 0.6) is 0 Å². The summed E-state index contributed by atoms with van der Waals surface area (Å²) in [5, 5.41) is 11.0. The van der Waals surface area contributed by atoms with E-state index >= 15 is 0 Å². The van der Waals surface area contributed by atoms with Gasteiger partial charge in [-0.15, -0.1) is 5.10 Å². The van der Waals surface area contributed by atoms with Crippen LogP contribution in [0, 0.1) is 5.92 Å². The smallest absolute Gasteiger partial charge is 0.336 e. The Bertz CT molecular complexity index is 952. The van der Waals surface area contributed by atoms with Crippen molar-refractivity contribution in [2.24, 2.45) is 5.92 Å². The molecule has 11 heteroatoms. The first-order chi connectivity index (χ1) is 15.5. The first-order valence-electron chi connectivity index (χ1n) is 10.9. The van der Waals surface area contributed by atoms with Crippen molar-refractivity contribution < 1.29 is 14.3 Å². The van der Waals surface area contributed by atoms with Crippen molar-refractivity contribution in [3.63, 3.8) is 0 Å². The highest BCUT2D eigenvalue weighted by atomic mass is 16.5. The normalized spacial score (nSPS) is 21.2. The van der Waals surface area contributed by atoms with Gasteiger partial charge >= 0.3 is 5.97 Å². The Morgan fingerprint density at radius 2 is 2.03 bits per heavy atom. The van der Waals surface area contributed by atoms with Crippen molar-refractivity contribution in [1.82, 2.24) is 40.0 Å². The molecule has 2 aliphatic rings. The van der Waals surface area contributed by atoms with Crippen LogP contribution in [-0.2, 0) is 20.9 Å². The molecule has 0 N–H and O–H groups in total. The summed E-state index contributed by atoms with van der Waals surface area (Å²) in [5.74, 6) is 0.840. The minimum atomic E-state index is -0.329. The molecule has 32 heavy (non-hydrogen) atoms. The number of hydrogen-bond acceptors (Lipinski definition) is 9. The standard InChI is InChI=1S/C21H28N8O3/c1-15-19(12-32-21(15)31)28(14-30)8-7-16-3-5-18(6-4-16)27(2)11-17-9-23-20(10-22-17)29-13-24-25-26-29/h9-10,13-14,16,18H,3-8,11-12H2,1-2H3. The molecule has 0 spiro atoms. The number of carbonyl (C=O) groups is 2. The van der Waals surface area contributed by atoms with E-state index in [-0.39, 0.29) is 12.6 Å². The van der Waals surface area contributed by atoms with Gasteiger partial charge in [-0.2, -0.15) is 4.68 Å². The highest BCUT2D eigenvalue weighted by Crippen LogP contribution is 2.30. The van der Waals surface area contributed by atoms with Crippen LogP contribution in [0.1, 0.15) is 44.7 Å². The maximum Gasteiger partial charge on any atom is 0.336 e. The molecule has 170 valence electrons. The number of esters is 1. The number of hydrogen-bond donors (Lipinski definition) is 0. The Labute approximate surface area is 186 Å². The summed E-state index contributed by atoms with van der Waals surface area (Å²) in [6.07, 6.45) is 11.1. The van der Waals surface area contributed by atoms with E-state index in [2.05, 4.69) is 37.4 Å². The fraction of sp³-hybridized carbons (Fsp3) is 0.571. The quantitative estimate of drug-likeness (QED) is 0.417. The van der Waals surface area contributed by atoms with Crippen LogP contribution in [0.15, 0.2) is 30.0 Å². The van der Waals surface area contributed by atoms with E-state index in [4.69, 9.17) is 4.74 Å². The van der Waals surface area contributed by atoms with Gasteiger partial charge in [0.2, 0.25) is 6.41 Å². The minimum Gasteiger partial charge on any atom is -0.456 e. The molecule has 2 aromatic heterocycles. The van der Waals surface area contributed by atoms with Gasteiger partial charge in [0.25, 0.3) is 0 Å². The molecule has 0 unspecified atom stereocenters. The van der Waals surface area contributed by atoms with Gasteiger partial charge in [-0.25, -0.2) is 9.78 Å². The molecule has 2 aromatic rings. The molecule has 0 atom stereocenters. The monoisotopic (exact) mass is 440 g/mol. The summed E-state index contributed by atoms with van der Waals surface area (Å²) in [6, 6.07) is 0.500. The number of cyclic esters (lactones) is 1. The lowest BCUT2D eigenvalue weighted by Gasteiger charge is -2.35. The average molecular weight is 441 g/mol. The van der Waals surface area contributed by atoms with E-state index in [1.807, 2.05) is 0 Å². The maximum absolute atomic E-state index is 11.6. The van der Waals surface area contributed by atoms with Crippen molar-refractivity contribution >= 4 is 12.4 Å². The molecule has 0 bridgehead atoms. The van der Waals surface area contributed by atoms with Crippen LogP contribution >= 0.6 is 0 Å². The Morgan fingerprint density at radius 3 is 2.62 bits per heavy atom. The lowest BCUT2D eigenvalue weighted by atomic mass is 9.83. The Balaban J connectivity index is 1.23. The summed E-state index contributed by atoms with van der Waals surface area (Å²) >= 11 is 0. The molecule has 1 fully saturated rings. The van der Waals surface area contributed by atoms with Gasteiger partial charge in [-0.3, -0.25) is 14.7 Å². The molecular weight excluding hydrogens is 412 g/mol. The third-order valence-corrected chi connectivity index (χ3v) is 6.46. The fourth-order valence-corrected chi connectivity index (χ4v) is 4.41. The molecular formula is C21H28N8O3. The second-order valence-corrected chi connectivity index (χ2v) is 8.45. The van der Waals surface area contributed by atoms with Gasteiger partial charge in [0.15, 0.2) is 5.82 Å². The molecule has 1 amide bonds. The first kappa shape index (κ1) is 22.0. The van der Waals surface area contributed by atoms with Gasteiger partial charge in [-0.1, -0.05) is 0 Å². The summed E-state index contributed by atoms with van der Waals surface area (Å²) in [7, 11) is 2.13. The van der Waals surface area contributed by atoms with E-state index in [9.17, 15) is 9.59 Å². The number of tetrazole rings is 1. The van der Waals surface area contributed by atoms with Crippen LogP contribution < -0.4 is 0 Å². The predicted octanol–water partition coefficient (Wildman–Crippen LogP) is 1.12. The molecule has 0 aromatic carbocycles. The van der Waals surface area contributed by atoms with E-state index < -0.39 is 0 Å². The van der Waals surface area contributed by atoms with E-state index in [0.717, 1.165) is 50.8 Å². The summed E-state index contributed by atoms with van der Waals surface area (Å²) < 4.78 is 6.50. The van der Waals surface area contributed by atoms with Crippen molar-refractivity contribution in [1.29, 1.82) is 0 Å². The summed E-state index contributed by atoms with van der Waals surface area (Å²) in [6.45, 7) is 3.27. The number of aromatic nitrogens is 6. The number of amides is 1. The third kappa shape index (κ3) is 4.98. The van der Waals surface area contributed by atoms with Crippen molar-refractivity contribution in [2.45, 2.75) is 51.6 Å². The van der Waals surface area contributed by atoms with Crippen molar-refractivity contribution in [3.05, 3.63) is 35.7 Å². The van der Waals surface area contributed by atoms with E-state index in [1.54, 1.807) is 24.2 Å². The third-order valence-electron chi connectivity index (χ3n) is 6.46. The fourth-order valence-electron chi connectivity index (χ4n) is 4.41. The predicted molar refractivity (Wildman–Crippen MR) is 113 cm³/mol. The molecule has 3 heterocycles. The van der Waals surface area contributed by atoms with Crippen molar-refractivity contribution in [2.75, 3.05) is 20.2 Å². The highest BCUT2D eigenvalue weighted by Gasteiger charge is 2.28. The summed E-state index contributed by atoms with van der Waals surface area (Å²) in [4.78, 5) is 35.9. The number of ether oxygens (including phenoxy) is 1. The zero-order chi connectivity index (χ0) is 22.5. The van der Waals surface area contributed by atoms with Crippen LogP contribution in [-0.4, -0.2) is 78.6 Å². The SMILES string of the molecule is CC1=C(N(C=O)CCC2CCC(N(C)Cc3cnc(-n4cnnn4)cn3)CC2)COC1=O. The second-order valence-electron chi connectivity index (χ2n) is 8.45. The molecule has 1 aliphatic heterocycles. The molecule has 1 saturated carbocycles. The molecule has 11 nitrogen and oxygen atoms in total. The molecule has 0 radical (unpaired) electrons. The first-order valence-corrected chi connectivity index (χ1v) is 10.9. The number of rotatable bonds is 9. The lowest BCUT2D eigenvalue weighted by Crippen LogP contribution is -2.35. The van der Waals surface area contributed by atoms with Gasteiger partial charge in [0.05, 0.1) is 29.4 Å². The maximum atomic E-state index is 11.6. The average Bonchev–Trinajstić information content (AvgIpc) is 3.47. The second kappa shape index (κ2) is 9.94. The van der Waals surface area contributed by atoms with Crippen LogP contribution in [0.3, 0.4) is 0 Å². The minimum absolute atomic E-state index is 0.195. The lowest BCUT2D eigenvalue weighted by molar-refractivity contribution is -0.136. The highest BCUT2D eigenvalue weighted by molar-refractivity contribution is 5.91. The number of nitrogens with zero attached hydrogens (tertiary/aromatic N) is 8. The Morgan fingerprint density at radius 1 is 1.22 bits per heavy atom. The topological polar surface area (TPSA) is 119 Å². The van der Waals surface area contributed by atoms with Crippen molar-refractivity contribution in [3.8, 4) is 5.82 Å². The van der Waals surface area contributed by atoms with Crippen LogP contribution in [0.25, 0.3) is 5.82 Å². The molecule has 1 aliphatic carbocycles. The van der Waals surface area contributed by atoms with Crippen LogP contribution in [0.2, 0.25) is 0 Å². The number of carbonyl (C=O) groups excluding carboxylic acids is 2. The summed E-state index contributed by atoms with van der Waals surface area (Å²) in [5.41, 5.74) is 2.15. The van der Waals surface area contributed by atoms with Gasteiger partial charge in [0, 0.05) is 19.1 Å². The van der Waals surface area contributed by atoms with Crippen LogP contribution in [0.4, 0.5) is 0 Å². The Kier molecular flexibility index (Phi) is 6.84. The van der Waals surface area contributed by atoms with Gasteiger partial charge < -0.3 is 9.64 Å². The van der Waals surface area contributed by atoms with Gasteiger partial charge in [0.1, 0.15) is 12.9 Å². The zero-order valence-corrected chi connectivity index (χ0v) is 18.4. The largest absolute Gasteiger partial charge is 0.456 e. The zero-order valence-electron chi connectivity index (χ0n) is 18.4. The molecule has 0 saturated heterocycles. The van der Waals surface area contributed by atoms with E-state index in [1.165, 1.54) is 11.0 Å². The Hall–Kier alpha value is -3.21. The molecule has 4 rings (SSSR count).